The Hall–Kier alpha value is -2.14. The fraction of sp³-hybridized carbons (Fsp3) is 0.333. The maximum atomic E-state index is 12.6. The summed E-state index contributed by atoms with van der Waals surface area (Å²) in [4.78, 5) is 18.8. The smallest absolute Gasteiger partial charge is 0.273 e. The SMILES string of the molecule is Cc1cc(N)c2ccnc(C(=O)N3CCNCC3)c2c1. The summed E-state index contributed by atoms with van der Waals surface area (Å²) in [5.74, 6) is -0.0119. The van der Waals surface area contributed by atoms with Crippen molar-refractivity contribution in [1.82, 2.24) is 15.2 Å². The van der Waals surface area contributed by atoms with Crippen LogP contribution in [0.15, 0.2) is 24.4 Å². The number of fused-ring (bicyclic) bond motifs is 1. The summed E-state index contributed by atoms with van der Waals surface area (Å²) in [6.07, 6.45) is 1.66. The minimum atomic E-state index is -0.0119. The zero-order chi connectivity index (χ0) is 14.1. The fourth-order valence-electron chi connectivity index (χ4n) is 2.65. The predicted octanol–water partition coefficient (Wildman–Crippen LogP) is 1.17. The lowest BCUT2D eigenvalue weighted by molar-refractivity contribution is 0.0732. The molecule has 0 saturated carbocycles. The average molecular weight is 270 g/mol. The number of nitrogens with zero attached hydrogens (tertiary/aromatic N) is 2. The van der Waals surface area contributed by atoms with Crippen LogP contribution in [0.2, 0.25) is 0 Å². The molecule has 5 nitrogen and oxygen atoms in total. The van der Waals surface area contributed by atoms with Gasteiger partial charge in [0.2, 0.25) is 0 Å². The first-order chi connectivity index (χ1) is 9.66. The summed E-state index contributed by atoms with van der Waals surface area (Å²) >= 11 is 0. The molecule has 1 aliphatic rings. The van der Waals surface area contributed by atoms with E-state index in [2.05, 4.69) is 10.3 Å². The third-order valence-corrected chi connectivity index (χ3v) is 3.66. The summed E-state index contributed by atoms with van der Waals surface area (Å²) in [7, 11) is 0. The molecule has 1 aromatic carbocycles. The van der Waals surface area contributed by atoms with Crippen molar-refractivity contribution in [3.05, 3.63) is 35.7 Å². The van der Waals surface area contributed by atoms with Crippen molar-refractivity contribution in [3.63, 3.8) is 0 Å². The molecule has 0 aliphatic carbocycles. The number of piperazine rings is 1. The Morgan fingerprint density at radius 3 is 2.80 bits per heavy atom. The van der Waals surface area contributed by atoms with Crippen LogP contribution in [0, 0.1) is 6.92 Å². The van der Waals surface area contributed by atoms with E-state index in [0.717, 1.165) is 42.5 Å². The van der Waals surface area contributed by atoms with Crippen LogP contribution in [0.1, 0.15) is 16.1 Å². The lowest BCUT2D eigenvalue weighted by atomic mass is 10.0. The van der Waals surface area contributed by atoms with E-state index in [1.54, 1.807) is 6.20 Å². The largest absolute Gasteiger partial charge is 0.398 e. The van der Waals surface area contributed by atoms with Gasteiger partial charge in [-0.15, -0.1) is 0 Å². The summed E-state index contributed by atoms with van der Waals surface area (Å²) < 4.78 is 0. The molecule has 0 radical (unpaired) electrons. The number of pyridine rings is 1. The van der Waals surface area contributed by atoms with E-state index in [1.807, 2.05) is 30.0 Å². The summed E-state index contributed by atoms with van der Waals surface area (Å²) in [6, 6.07) is 5.76. The van der Waals surface area contributed by atoms with E-state index in [4.69, 9.17) is 5.73 Å². The highest BCUT2D eigenvalue weighted by atomic mass is 16.2. The molecule has 3 N–H and O–H groups in total. The molecule has 3 rings (SSSR count). The van der Waals surface area contributed by atoms with Gasteiger partial charge in [0.05, 0.1) is 0 Å². The van der Waals surface area contributed by atoms with Crippen LogP contribution in [-0.4, -0.2) is 42.0 Å². The van der Waals surface area contributed by atoms with Gasteiger partial charge >= 0.3 is 0 Å². The first-order valence-electron chi connectivity index (χ1n) is 6.81. The number of nitrogens with one attached hydrogen (secondary N) is 1. The molecule has 1 amide bonds. The second-order valence-electron chi connectivity index (χ2n) is 5.15. The Morgan fingerprint density at radius 1 is 1.30 bits per heavy atom. The summed E-state index contributed by atoms with van der Waals surface area (Å²) in [5, 5.41) is 4.98. The molecule has 1 aromatic heterocycles. The number of aromatic nitrogens is 1. The van der Waals surface area contributed by atoms with Gasteiger partial charge in [-0.05, 0) is 30.7 Å². The normalized spacial score (nSPS) is 15.6. The molecule has 2 aromatic rings. The topological polar surface area (TPSA) is 71.2 Å². The maximum Gasteiger partial charge on any atom is 0.273 e. The Labute approximate surface area is 117 Å². The van der Waals surface area contributed by atoms with Gasteiger partial charge in [-0.3, -0.25) is 9.78 Å². The number of carbonyl (C=O) groups is 1. The number of rotatable bonds is 1. The minimum Gasteiger partial charge on any atom is -0.398 e. The number of amides is 1. The number of hydrogen-bond acceptors (Lipinski definition) is 4. The van der Waals surface area contributed by atoms with E-state index in [1.165, 1.54) is 0 Å². The molecule has 20 heavy (non-hydrogen) atoms. The van der Waals surface area contributed by atoms with Crippen molar-refractivity contribution < 1.29 is 4.79 Å². The number of nitrogen functional groups attached to an aromatic ring is 1. The molecule has 2 heterocycles. The van der Waals surface area contributed by atoms with Crippen LogP contribution in [0.5, 0.6) is 0 Å². The Morgan fingerprint density at radius 2 is 2.05 bits per heavy atom. The Balaban J connectivity index is 2.08. The molecule has 0 unspecified atom stereocenters. The predicted molar refractivity (Wildman–Crippen MR) is 79.7 cm³/mol. The van der Waals surface area contributed by atoms with Crippen molar-refractivity contribution in [1.29, 1.82) is 0 Å². The molecular formula is C15H18N4O. The monoisotopic (exact) mass is 270 g/mol. The molecule has 1 saturated heterocycles. The van der Waals surface area contributed by atoms with E-state index >= 15 is 0 Å². The van der Waals surface area contributed by atoms with Gasteiger partial charge < -0.3 is 16.0 Å². The van der Waals surface area contributed by atoms with Crippen molar-refractivity contribution in [2.75, 3.05) is 31.9 Å². The molecule has 1 fully saturated rings. The van der Waals surface area contributed by atoms with E-state index in [-0.39, 0.29) is 5.91 Å². The van der Waals surface area contributed by atoms with Crippen LogP contribution in [0.4, 0.5) is 5.69 Å². The van der Waals surface area contributed by atoms with Crippen LogP contribution >= 0.6 is 0 Å². The highest BCUT2D eigenvalue weighted by Crippen LogP contribution is 2.25. The highest BCUT2D eigenvalue weighted by molar-refractivity contribution is 6.08. The Kier molecular flexibility index (Phi) is 3.28. The van der Waals surface area contributed by atoms with Crippen LogP contribution in [0.3, 0.4) is 0 Å². The van der Waals surface area contributed by atoms with Gasteiger partial charge in [0.25, 0.3) is 5.91 Å². The van der Waals surface area contributed by atoms with Gasteiger partial charge in [-0.2, -0.15) is 0 Å². The van der Waals surface area contributed by atoms with Crippen molar-refractivity contribution >= 4 is 22.4 Å². The molecule has 0 spiro atoms. The third kappa shape index (κ3) is 2.20. The molecule has 0 atom stereocenters. The number of anilines is 1. The first kappa shape index (κ1) is 12.9. The van der Waals surface area contributed by atoms with Crippen LogP contribution < -0.4 is 11.1 Å². The highest BCUT2D eigenvalue weighted by Gasteiger charge is 2.21. The van der Waals surface area contributed by atoms with Crippen LogP contribution in [0.25, 0.3) is 10.8 Å². The van der Waals surface area contributed by atoms with Gasteiger partial charge in [-0.25, -0.2) is 0 Å². The lowest BCUT2D eigenvalue weighted by Crippen LogP contribution is -2.46. The number of nitrogens with two attached hydrogens (primary N) is 1. The second kappa shape index (κ2) is 5.09. The van der Waals surface area contributed by atoms with Crippen molar-refractivity contribution in [2.45, 2.75) is 6.92 Å². The van der Waals surface area contributed by atoms with E-state index in [9.17, 15) is 4.79 Å². The molecule has 104 valence electrons. The minimum absolute atomic E-state index is 0.0119. The quantitative estimate of drug-likeness (QED) is 0.763. The number of hydrogen-bond donors (Lipinski definition) is 2. The average Bonchev–Trinajstić information content (AvgIpc) is 2.47. The van der Waals surface area contributed by atoms with Crippen molar-refractivity contribution in [2.24, 2.45) is 0 Å². The third-order valence-electron chi connectivity index (χ3n) is 3.66. The summed E-state index contributed by atoms with van der Waals surface area (Å²) in [5.41, 5.74) is 8.27. The number of aryl methyl sites for hydroxylation is 1. The zero-order valence-electron chi connectivity index (χ0n) is 11.5. The standard InChI is InChI=1S/C15H18N4O/c1-10-8-12-11(13(16)9-10)2-3-18-14(12)15(20)19-6-4-17-5-7-19/h2-3,8-9,17H,4-7,16H2,1H3. The molecule has 1 aliphatic heterocycles. The van der Waals surface area contributed by atoms with E-state index < -0.39 is 0 Å². The lowest BCUT2D eigenvalue weighted by Gasteiger charge is -2.27. The zero-order valence-corrected chi connectivity index (χ0v) is 11.5. The van der Waals surface area contributed by atoms with Gasteiger partial charge in [-0.1, -0.05) is 0 Å². The van der Waals surface area contributed by atoms with Gasteiger partial charge in [0, 0.05) is 48.8 Å². The molecule has 5 heteroatoms. The maximum absolute atomic E-state index is 12.6. The van der Waals surface area contributed by atoms with E-state index in [0.29, 0.717) is 11.4 Å². The number of benzene rings is 1. The number of carbonyl (C=O) groups excluding carboxylic acids is 1. The van der Waals surface area contributed by atoms with Gasteiger partial charge in [0.1, 0.15) is 5.69 Å². The Bertz CT molecular complexity index is 662. The molecular weight excluding hydrogens is 252 g/mol. The second-order valence-corrected chi connectivity index (χ2v) is 5.15. The van der Waals surface area contributed by atoms with Gasteiger partial charge in [0.15, 0.2) is 0 Å². The van der Waals surface area contributed by atoms with Crippen LogP contribution in [-0.2, 0) is 0 Å². The fourth-order valence-corrected chi connectivity index (χ4v) is 2.65. The first-order valence-corrected chi connectivity index (χ1v) is 6.81. The van der Waals surface area contributed by atoms with Crippen molar-refractivity contribution in [3.8, 4) is 0 Å². The summed E-state index contributed by atoms with van der Waals surface area (Å²) in [6.45, 7) is 5.08. The molecule has 0 bridgehead atoms.